The van der Waals surface area contributed by atoms with E-state index in [4.69, 9.17) is 0 Å². The van der Waals surface area contributed by atoms with Gasteiger partial charge < -0.3 is 10.2 Å². The van der Waals surface area contributed by atoms with Gasteiger partial charge in [-0.15, -0.1) is 0 Å². The lowest BCUT2D eigenvalue weighted by Crippen LogP contribution is -2.38. The maximum atomic E-state index is 3.74. The highest BCUT2D eigenvalue weighted by Gasteiger charge is 2.22. The molecule has 0 fully saturated rings. The second-order valence-corrected chi connectivity index (χ2v) is 7.13. The van der Waals surface area contributed by atoms with Crippen LogP contribution in [0, 0.1) is 5.92 Å². The monoisotopic (exact) mass is 300 g/mol. The molecule has 0 saturated carbocycles. The molecule has 1 aliphatic heterocycles. The Morgan fingerprint density at radius 1 is 1.29 bits per heavy atom. The molecule has 0 amide bonds. The summed E-state index contributed by atoms with van der Waals surface area (Å²) in [7, 11) is 0. The van der Waals surface area contributed by atoms with Crippen molar-refractivity contribution in [3.05, 3.63) is 52.2 Å². The van der Waals surface area contributed by atoms with E-state index < -0.39 is 0 Å². The molecule has 3 rings (SSSR count). The SMILES string of the molecule is CC(C)CC1CN(Cc2ccsc2)c2ccccc2CN1. The molecule has 1 N–H and O–H groups in total. The number of fused-ring (bicyclic) bond motifs is 1. The van der Waals surface area contributed by atoms with Crippen LogP contribution in [0.1, 0.15) is 31.4 Å². The maximum absolute atomic E-state index is 3.74. The van der Waals surface area contributed by atoms with Gasteiger partial charge in [0.05, 0.1) is 0 Å². The van der Waals surface area contributed by atoms with Gasteiger partial charge in [-0.1, -0.05) is 32.0 Å². The highest BCUT2D eigenvalue weighted by Crippen LogP contribution is 2.26. The standard InChI is InChI=1S/C18H24N2S/c1-14(2)9-17-12-20(11-15-7-8-21-13-15)18-6-4-3-5-16(18)10-19-17/h3-8,13-14,17,19H,9-12H2,1-2H3. The van der Waals surface area contributed by atoms with Crippen LogP contribution in [0.3, 0.4) is 0 Å². The van der Waals surface area contributed by atoms with Gasteiger partial charge in [0, 0.05) is 31.4 Å². The van der Waals surface area contributed by atoms with Gasteiger partial charge in [0.2, 0.25) is 0 Å². The molecular weight excluding hydrogens is 276 g/mol. The number of thiophene rings is 1. The van der Waals surface area contributed by atoms with Gasteiger partial charge in [-0.2, -0.15) is 11.3 Å². The first-order valence-corrected chi connectivity index (χ1v) is 8.74. The fraction of sp³-hybridized carbons (Fsp3) is 0.444. The molecule has 21 heavy (non-hydrogen) atoms. The van der Waals surface area contributed by atoms with Crippen molar-refractivity contribution in [1.82, 2.24) is 5.32 Å². The Bertz CT molecular complexity index is 562. The molecule has 1 aromatic carbocycles. The number of hydrogen-bond acceptors (Lipinski definition) is 3. The summed E-state index contributed by atoms with van der Waals surface area (Å²) in [4.78, 5) is 2.55. The molecule has 112 valence electrons. The van der Waals surface area contributed by atoms with Crippen LogP contribution in [0.2, 0.25) is 0 Å². The fourth-order valence-electron chi connectivity index (χ4n) is 3.13. The second-order valence-electron chi connectivity index (χ2n) is 6.35. The van der Waals surface area contributed by atoms with Crippen LogP contribution in [0.15, 0.2) is 41.1 Å². The van der Waals surface area contributed by atoms with Crippen molar-refractivity contribution >= 4 is 17.0 Å². The lowest BCUT2D eigenvalue weighted by Gasteiger charge is -2.28. The third-order valence-electron chi connectivity index (χ3n) is 4.06. The van der Waals surface area contributed by atoms with E-state index in [1.54, 1.807) is 11.3 Å². The van der Waals surface area contributed by atoms with Gasteiger partial charge >= 0.3 is 0 Å². The van der Waals surface area contributed by atoms with Crippen molar-refractivity contribution in [1.29, 1.82) is 0 Å². The zero-order chi connectivity index (χ0) is 14.7. The van der Waals surface area contributed by atoms with Crippen molar-refractivity contribution in [3.63, 3.8) is 0 Å². The van der Waals surface area contributed by atoms with Crippen LogP contribution in [0.4, 0.5) is 5.69 Å². The van der Waals surface area contributed by atoms with Crippen LogP contribution in [-0.4, -0.2) is 12.6 Å². The number of rotatable bonds is 4. The summed E-state index contributed by atoms with van der Waals surface area (Å²) in [6.45, 7) is 7.70. The molecule has 0 aliphatic carbocycles. The van der Waals surface area contributed by atoms with Crippen molar-refractivity contribution in [2.75, 3.05) is 11.4 Å². The predicted octanol–water partition coefficient (Wildman–Crippen LogP) is 4.27. The highest BCUT2D eigenvalue weighted by molar-refractivity contribution is 7.07. The molecule has 1 unspecified atom stereocenters. The molecule has 0 bridgehead atoms. The lowest BCUT2D eigenvalue weighted by molar-refractivity contribution is 0.421. The largest absolute Gasteiger partial charge is 0.365 e. The number of benzene rings is 1. The van der Waals surface area contributed by atoms with Gasteiger partial charge in [-0.05, 0) is 46.4 Å². The molecule has 2 heterocycles. The Kier molecular flexibility index (Phi) is 4.61. The third-order valence-corrected chi connectivity index (χ3v) is 4.80. The average molecular weight is 300 g/mol. The molecule has 0 saturated heterocycles. The Hall–Kier alpha value is -1.32. The van der Waals surface area contributed by atoms with Gasteiger partial charge in [0.25, 0.3) is 0 Å². The Morgan fingerprint density at radius 2 is 2.14 bits per heavy atom. The quantitative estimate of drug-likeness (QED) is 0.907. The summed E-state index contributed by atoms with van der Waals surface area (Å²) < 4.78 is 0. The van der Waals surface area contributed by atoms with Crippen molar-refractivity contribution in [2.24, 2.45) is 5.92 Å². The Morgan fingerprint density at radius 3 is 2.90 bits per heavy atom. The number of para-hydroxylation sites is 1. The first kappa shape index (κ1) is 14.6. The Labute approximate surface area is 131 Å². The van der Waals surface area contributed by atoms with Gasteiger partial charge in [-0.3, -0.25) is 0 Å². The summed E-state index contributed by atoms with van der Waals surface area (Å²) in [5.74, 6) is 0.728. The molecule has 2 aromatic rings. The van der Waals surface area contributed by atoms with Gasteiger partial charge in [0.15, 0.2) is 0 Å². The normalized spacial score (nSPS) is 18.6. The van der Waals surface area contributed by atoms with E-state index in [0.29, 0.717) is 6.04 Å². The molecular formula is C18H24N2S. The van der Waals surface area contributed by atoms with E-state index in [2.05, 4.69) is 65.2 Å². The summed E-state index contributed by atoms with van der Waals surface area (Å²) in [5, 5.41) is 8.17. The molecule has 1 aliphatic rings. The average Bonchev–Trinajstić information content (AvgIpc) is 2.90. The number of anilines is 1. The zero-order valence-electron chi connectivity index (χ0n) is 12.9. The first-order chi connectivity index (χ1) is 10.2. The van der Waals surface area contributed by atoms with Crippen LogP contribution < -0.4 is 10.2 Å². The zero-order valence-corrected chi connectivity index (χ0v) is 13.7. The minimum absolute atomic E-state index is 0.566. The van der Waals surface area contributed by atoms with E-state index >= 15 is 0 Å². The molecule has 0 radical (unpaired) electrons. The minimum Gasteiger partial charge on any atom is -0.365 e. The molecule has 2 nitrogen and oxygen atoms in total. The summed E-state index contributed by atoms with van der Waals surface area (Å²) >= 11 is 1.78. The van der Waals surface area contributed by atoms with Crippen LogP contribution in [-0.2, 0) is 13.1 Å². The maximum Gasteiger partial charge on any atom is 0.0438 e. The predicted molar refractivity (Wildman–Crippen MR) is 91.9 cm³/mol. The number of nitrogens with one attached hydrogen (secondary N) is 1. The van der Waals surface area contributed by atoms with Gasteiger partial charge in [0.1, 0.15) is 0 Å². The second kappa shape index (κ2) is 6.63. The lowest BCUT2D eigenvalue weighted by atomic mass is 10.0. The minimum atomic E-state index is 0.566. The molecule has 1 atom stereocenters. The summed E-state index contributed by atoms with van der Waals surface area (Å²) in [5.41, 5.74) is 4.22. The van der Waals surface area contributed by atoms with E-state index in [0.717, 1.165) is 25.6 Å². The Balaban J connectivity index is 1.84. The topological polar surface area (TPSA) is 15.3 Å². The fourth-order valence-corrected chi connectivity index (χ4v) is 3.79. The summed E-state index contributed by atoms with van der Waals surface area (Å²) in [6.07, 6.45) is 1.23. The smallest absolute Gasteiger partial charge is 0.0438 e. The summed E-state index contributed by atoms with van der Waals surface area (Å²) in [6, 6.07) is 11.6. The van der Waals surface area contributed by atoms with E-state index in [1.165, 1.54) is 23.2 Å². The number of hydrogen-bond donors (Lipinski definition) is 1. The first-order valence-electron chi connectivity index (χ1n) is 7.79. The third kappa shape index (κ3) is 3.66. The van der Waals surface area contributed by atoms with E-state index in [1.807, 2.05) is 0 Å². The molecule has 1 aromatic heterocycles. The molecule has 3 heteroatoms. The van der Waals surface area contributed by atoms with E-state index in [-0.39, 0.29) is 0 Å². The van der Waals surface area contributed by atoms with Gasteiger partial charge in [-0.25, -0.2) is 0 Å². The number of nitrogens with zero attached hydrogens (tertiary/aromatic N) is 1. The van der Waals surface area contributed by atoms with E-state index in [9.17, 15) is 0 Å². The van der Waals surface area contributed by atoms with Crippen molar-refractivity contribution < 1.29 is 0 Å². The van der Waals surface area contributed by atoms with Crippen molar-refractivity contribution in [3.8, 4) is 0 Å². The van der Waals surface area contributed by atoms with Crippen molar-refractivity contribution in [2.45, 2.75) is 39.4 Å². The van der Waals surface area contributed by atoms with Crippen LogP contribution in [0.5, 0.6) is 0 Å². The molecule has 0 spiro atoms. The van der Waals surface area contributed by atoms with Crippen LogP contribution in [0.25, 0.3) is 0 Å². The van der Waals surface area contributed by atoms with Crippen LogP contribution >= 0.6 is 11.3 Å². The highest BCUT2D eigenvalue weighted by atomic mass is 32.1.